The zero-order valence-corrected chi connectivity index (χ0v) is 10.1. The minimum atomic E-state index is -4.37. The summed E-state index contributed by atoms with van der Waals surface area (Å²) in [6.07, 6.45) is -3.19. The van der Waals surface area contributed by atoms with Crippen LogP contribution in [-0.2, 0) is 6.18 Å². The van der Waals surface area contributed by atoms with Crippen LogP contribution in [0.3, 0.4) is 0 Å². The molecule has 1 atom stereocenters. The van der Waals surface area contributed by atoms with E-state index in [9.17, 15) is 18.3 Å². The van der Waals surface area contributed by atoms with Gasteiger partial charge in [-0.3, -0.25) is 0 Å². The van der Waals surface area contributed by atoms with Gasteiger partial charge in [0.2, 0.25) is 0 Å². The first-order valence-corrected chi connectivity index (χ1v) is 5.90. The first kappa shape index (κ1) is 13.4. The van der Waals surface area contributed by atoms with Gasteiger partial charge in [-0.25, -0.2) is 0 Å². The lowest BCUT2D eigenvalue weighted by atomic mass is 10.1. The molecule has 0 bridgehead atoms. The van der Waals surface area contributed by atoms with Crippen molar-refractivity contribution in [1.82, 2.24) is 5.32 Å². The van der Waals surface area contributed by atoms with Gasteiger partial charge in [-0.1, -0.05) is 12.1 Å². The lowest BCUT2D eigenvalue weighted by Crippen LogP contribution is -2.32. The van der Waals surface area contributed by atoms with Gasteiger partial charge in [-0.2, -0.15) is 13.2 Å². The first-order valence-electron chi connectivity index (χ1n) is 5.90. The van der Waals surface area contributed by atoms with Crippen molar-refractivity contribution in [2.24, 2.45) is 0 Å². The van der Waals surface area contributed by atoms with Crippen molar-refractivity contribution in [3.63, 3.8) is 0 Å². The van der Waals surface area contributed by atoms with Crippen LogP contribution in [-0.4, -0.2) is 17.2 Å². The molecule has 2 rings (SSSR count). The molecule has 1 aliphatic rings. The van der Waals surface area contributed by atoms with Gasteiger partial charge >= 0.3 is 6.18 Å². The molecule has 5 heteroatoms. The molecule has 2 N–H and O–H groups in total. The fourth-order valence-electron chi connectivity index (χ4n) is 1.75. The summed E-state index contributed by atoms with van der Waals surface area (Å²) >= 11 is 0. The van der Waals surface area contributed by atoms with E-state index in [0.29, 0.717) is 5.56 Å². The Hall–Kier alpha value is -1.07. The molecule has 2 nitrogen and oxygen atoms in total. The van der Waals surface area contributed by atoms with Crippen LogP contribution in [0.1, 0.15) is 37.0 Å². The number of benzene rings is 1. The lowest BCUT2D eigenvalue weighted by molar-refractivity contribution is -0.137. The molecule has 0 aromatic heterocycles. The van der Waals surface area contributed by atoms with Crippen LogP contribution in [0.15, 0.2) is 24.3 Å². The molecule has 0 aliphatic heterocycles. The number of rotatable bonds is 4. The number of β-amino-alcohol motifs (C(OH)–C–C–N with tert-alkyl or cyclic N) is 1. The van der Waals surface area contributed by atoms with E-state index in [2.05, 4.69) is 5.32 Å². The molecule has 0 amide bonds. The summed E-state index contributed by atoms with van der Waals surface area (Å²) < 4.78 is 37.6. The van der Waals surface area contributed by atoms with E-state index in [1.165, 1.54) is 12.1 Å². The molecule has 0 radical (unpaired) electrons. The van der Waals surface area contributed by atoms with E-state index in [4.69, 9.17) is 0 Å². The SMILES string of the molecule is CC1(NCC(O)c2cccc(C(F)(F)F)c2)CC1. The molecule has 1 aromatic carbocycles. The molecule has 0 heterocycles. The van der Waals surface area contributed by atoms with Crippen LogP contribution in [0.4, 0.5) is 13.2 Å². The second-order valence-corrected chi connectivity index (χ2v) is 5.08. The third-order valence-electron chi connectivity index (χ3n) is 3.32. The summed E-state index contributed by atoms with van der Waals surface area (Å²) in [5, 5.41) is 13.0. The van der Waals surface area contributed by atoms with Gasteiger partial charge in [0.15, 0.2) is 0 Å². The van der Waals surface area contributed by atoms with E-state index < -0.39 is 17.8 Å². The van der Waals surface area contributed by atoms with E-state index in [0.717, 1.165) is 25.0 Å². The summed E-state index contributed by atoms with van der Waals surface area (Å²) in [5.41, 5.74) is -0.374. The molecule has 18 heavy (non-hydrogen) atoms. The van der Waals surface area contributed by atoms with E-state index in [1.807, 2.05) is 6.92 Å². The maximum absolute atomic E-state index is 12.5. The van der Waals surface area contributed by atoms with E-state index in [1.54, 1.807) is 0 Å². The van der Waals surface area contributed by atoms with Crippen molar-refractivity contribution >= 4 is 0 Å². The standard InChI is InChI=1S/C13H16F3NO/c1-12(5-6-12)17-8-11(18)9-3-2-4-10(7-9)13(14,15)16/h2-4,7,11,17-18H,5-6,8H2,1H3. The average molecular weight is 259 g/mol. The second kappa shape index (κ2) is 4.55. The molecule has 1 aromatic rings. The highest BCUT2D eigenvalue weighted by molar-refractivity contribution is 5.27. The first-order chi connectivity index (χ1) is 8.30. The Morgan fingerprint density at radius 1 is 1.39 bits per heavy atom. The van der Waals surface area contributed by atoms with Gasteiger partial charge in [0.1, 0.15) is 0 Å². The van der Waals surface area contributed by atoms with Crippen molar-refractivity contribution in [3.05, 3.63) is 35.4 Å². The number of aliphatic hydroxyl groups excluding tert-OH is 1. The summed E-state index contributed by atoms with van der Waals surface area (Å²) in [6, 6.07) is 4.84. The predicted octanol–water partition coefficient (Wildman–Crippen LogP) is 2.88. The number of alkyl halides is 3. The van der Waals surface area contributed by atoms with Crippen molar-refractivity contribution in [2.45, 2.75) is 37.6 Å². The van der Waals surface area contributed by atoms with Crippen LogP contribution in [0.5, 0.6) is 0 Å². The van der Waals surface area contributed by atoms with Gasteiger partial charge in [0, 0.05) is 12.1 Å². The third kappa shape index (κ3) is 3.23. The largest absolute Gasteiger partial charge is 0.416 e. The molecule has 1 aliphatic carbocycles. The molecule has 1 saturated carbocycles. The molecule has 100 valence electrons. The predicted molar refractivity (Wildman–Crippen MR) is 62.0 cm³/mol. The van der Waals surface area contributed by atoms with Crippen LogP contribution in [0.25, 0.3) is 0 Å². The van der Waals surface area contributed by atoms with Crippen LogP contribution in [0.2, 0.25) is 0 Å². The van der Waals surface area contributed by atoms with Crippen LogP contribution < -0.4 is 5.32 Å². The fourth-order valence-corrected chi connectivity index (χ4v) is 1.75. The molecular weight excluding hydrogens is 243 g/mol. The zero-order valence-electron chi connectivity index (χ0n) is 10.1. The fraction of sp³-hybridized carbons (Fsp3) is 0.538. The average Bonchev–Trinajstić information content (AvgIpc) is 3.04. The number of hydrogen-bond acceptors (Lipinski definition) is 2. The minimum absolute atomic E-state index is 0.0582. The molecule has 1 unspecified atom stereocenters. The summed E-state index contributed by atoms with van der Waals surface area (Å²) in [4.78, 5) is 0. The smallest absolute Gasteiger partial charge is 0.387 e. The second-order valence-electron chi connectivity index (χ2n) is 5.08. The highest BCUT2D eigenvalue weighted by Crippen LogP contribution is 2.35. The minimum Gasteiger partial charge on any atom is -0.387 e. The summed E-state index contributed by atoms with van der Waals surface area (Å²) in [6.45, 7) is 2.31. The molecule has 0 saturated heterocycles. The van der Waals surface area contributed by atoms with Crippen LogP contribution in [0, 0.1) is 0 Å². The Kier molecular flexibility index (Phi) is 3.38. The molecule has 0 spiro atoms. The molecule has 1 fully saturated rings. The van der Waals surface area contributed by atoms with Crippen molar-refractivity contribution in [2.75, 3.05) is 6.54 Å². The van der Waals surface area contributed by atoms with Gasteiger partial charge in [-0.15, -0.1) is 0 Å². The normalized spacial score (nSPS) is 19.6. The van der Waals surface area contributed by atoms with Crippen molar-refractivity contribution in [3.8, 4) is 0 Å². The molecular formula is C13H16F3NO. The number of nitrogens with one attached hydrogen (secondary N) is 1. The number of aliphatic hydroxyl groups is 1. The van der Waals surface area contributed by atoms with Crippen molar-refractivity contribution < 1.29 is 18.3 Å². The Labute approximate surface area is 104 Å². The van der Waals surface area contributed by atoms with Crippen LogP contribution >= 0.6 is 0 Å². The number of hydrogen-bond donors (Lipinski definition) is 2. The van der Waals surface area contributed by atoms with Gasteiger partial charge in [-0.05, 0) is 37.5 Å². The highest BCUT2D eigenvalue weighted by atomic mass is 19.4. The number of halogens is 3. The van der Waals surface area contributed by atoms with Crippen molar-refractivity contribution in [1.29, 1.82) is 0 Å². The third-order valence-corrected chi connectivity index (χ3v) is 3.32. The summed E-state index contributed by atoms with van der Waals surface area (Å²) in [7, 11) is 0. The quantitative estimate of drug-likeness (QED) is 0.871. The Morgan fingerprint density at radius 2 is 2.06 bits per heavy atom. The monoisotopic (exact) mass is 259 g/mol. The summed E-state index contributed by atoms with van der Waals surface area (Å²) in [5.74, 6) is 0. The van der Waals surface area contributed by atoms with E-state index >= 15 is 0 Å². The van der Waals surface area contributed by atoms with Gasteiger partial charge in [0.05, 0.1) is 11.7 Å². The Morgan fingerprint density at radius 3 is 2.61 bits per heavy atom. The maximum Gasteiger partial charge on any atom is 0.416 e. The Bertz CT molecular complexity index is 426. The Balaban J connectivity index is 2.03. The topological polar surface area (TPSA) is 32.3 Å². The highest BCUT2D eigenvalue weighted by Gasteiger charge is 2.37. The lowest BCUT2D eigenvalue weighted by Gasteiger charge is -2.17. The zero-order chi connectivity index (χ0) is 13.4. The van der Waals surface area contributed by atoms with Gasteiger partial charge in [0.25, 0.3) is 0 Å². The van der Waals surface area contributed by atoms with E-state index in [-0.39, 0.29) is 12.1 Å². The maximum atomic E-state index is 12.5. The van der Waals surface area contributed by atoms with Gasteiger partial charge < -0.3 is 10.4 Å².